The third-order valence-electron chi connectivity index (χ3n) is 11.3. The average Bonchev–Trinajstić information content (AvgIpc) is 3.41. The van der Waals surface area contributed by atoms with Gasteiger partial charge in [0.25, 0.3) is 0 Å². The van der Waals surface area contributed by atoms with E-state index in [-0.39, 0.29) is 0 Å². The molecule has 4 aliphatic carbocycles. The van der Waals surface area contributed by atoms with E-state index in [0.29, 0.717) is 22.4 Å². The van der Waals surface area contributed by atoms with Gasteiger partial charge in [0.05, 0.1) is 0 Å². The van der Waals surface area contributed by atoms with E-state index in [0.717, 1.165) is 55.3 Å². The fourth-order valence-electron chi connectivity index (χ4n) is 9.70. The topological polar surface area (TPSA) is 50.8 Å². The van der Waals surface area contributed by atoms with E-state index in [9.17, 15) is 0 Å². The van der Waals surface area contributed by atoms with E-state index in [1.165, 1.54) is 57.8 Å². The van der Waals surface area contributed by atoms with E-state index in [1.807, 2.05) is 16.9 Å². The first-order valence-electron chi connectivity index (χ1n) is 13.9. The summed E-state index contributed by atoms with van der Waals surface area (Å²) in [5, 5.41) is 13.6. The van der Waals surface area contributed by atoms with Crippen LogP contribution in [0.3, 0.4) is 0 Å². The molecular weight excluding hydrogens is 406 g/mol. The quantitative estimate of drug-likeness (QED) is 0.483. The molecule has 4 saturated carbocycles. The smallest absolute Gasteiger partial charge is 0.162 e. The first-order valence-corrected chi connectivity index (χ1v) is 13.9. The number of rotatable bonds is 6. The second-order valence-electron chi connectivity index (χ2n) is 12.7. The van der Waals surface area contributed by atoms with Gasteiger partial charge in [-0.1, -0.05) is 20.8 Å². The maximum Gasteiger partial charge on any atom is 0.162 e. The minimum Gasteiger partial charge on any atom is -0.381 e. The van der Waals surface area contributed by atoms with Crippen LogP contribution in [0.4, 0.5) is 0 Å². The standard InChI is InChI=1S/C29H45N3O/c1-5-33-19-21-10-13-28(3)22(16-21)6-7-24-26-9-8-25(29(26,4)14-11-27(24)28)20(2)18-32-15-12-23(17-30)31-32/h12,15,20-22,24-27H,5-11,13-14,16,18-19H2,1-4H3/t20-,21?,22?,24?,25?,26?,27?,28?,29?/m1/s1. The van der Waals surface area contributed by atoms with Gasteiger partial charge in [-0.3, -0.25) is 4.68 Å². The van der Waals surface area contributed by atoms with Gasteiger partial charge in [-0.15, -0.1) is 0 Å². The number of hydrogen-bond donors (Lipinski definition) is 0. The van der Waals surface area contributed by atoms with Gasteiger partial charge in [0.15, 0.2) is 5.69 Å². The number of ether oxygens (including phenoxy) is 1. The third-order valence-corrected chi connectivity index (χ3v) is 11.3. The number of fused-ring (bicyclic) bond motifs is 5. The second-order valence-corrected chi connectivity index (χ2v) is 12.7. The first kappa shape index (κ1) is 23.4. The molecule has 1 aromatic rings. The molecule has 182 valence electrons. The summed E-state index contributed by atoms with van der Waals surface area (Å²) in [6, 6.07) is 4.02. The van der Waals surface area contributed by atoms with Crippen molar-refractivity contribution < 1.29 is 4.74 Å². The van der Waals surface area contributed by atoms with Gasteiger partial charge in [-0.2, -0.15) is 10.4 Å². The Morgan fingerprint density at radius 3 is 2.67 bits per heavy atom. The molecule has 0 amide bonds. The summed E-state index contributed by atoms with van der Waals surface area (Å²) >= 11 is 0. The van der Waals surface area contributed by atoms with Crippen molar-refractivity contribution in [1.82, 2.24) is 9.78 Å². The van der Waals surface area contributed by atoms with Crippen LogP contribution >= 0.6 is 0 Å². The van der Waals surface area contributed by atoms with Crippen LogP contribution < -0.4 is 0 Å². The van der Waals surface area contributed by atoms with Crippen LogP contribution in [-0.2, 0) is 11.3 Å². The van der Waals surface area contributed by atoms with Crippen molar-refractivity contribution in [2.45, 2.75) is 92.0 Å². The second kappa shape index (κ2) is 9.03. The van der Waals surface area contributed by atoms with Crippen molar-refractivity contribution >= 4 is 0 Å². The van der Waals surface area contributed by atoms with E-state index >= 15 is 0 Å². The van der Waals surface area contributed by atoms with Crippen molar-refractivity contribution in [3.8, 4) is 6.07 Å². The molecule has 4 fully saturated rings. The van der Waals surface area contributed by atoms with E-state index < -0.39 is 0 Å². The Kier molecular flexibility index (Phi) is 6.40. The summed E-state index contributed by atoms with van der Waals surface area (Å²) in [7, 11) is 0. The lowest BCUT2D eigenvalue weighted by Crippen LogP contribution is -2.54. The van der Waals surface area contributed by atoms with Gasteiger partial charge in [-0.05, 0) is 123 Å². The molecule has 0 aromatic carbocycles. The Hall–Kier alpha value is -1.34. The van der Waals surface area contributed by atoms with Crippen LogP contribution in [0.25, 0.3) is 0 Å². The van der Waals surface area contributed by atoms with E-state index in [1.54, 1.807) is 0 Å². The Morgan fingerprint density at radius 2 is 1.91 bits per heavy atom. The zero-order valence-corrected chi connectivity index (χ0v) is 21.4. The van der Waals surface area contributed by atoms with Gasteiger partial charge >= 0.3 is 0 Å². The van der Waals surface area contributed by atoms with Crippen molar-refractivity contribution in [3.05, 3.63) is 18.0 Å². The summed E-state index contributed by atoms with van der Waals surface area (Å²) < 4.78 is 7.84. The summed E-state index contributed by atoms with van der Waals surface area (Å²) in [6.45, 7) is 12.7. The summed E-state index contributed by atoms with van der Waals surface area (Å²) in [6.07, 6.45) is 14.8. The van der Waals surface area contributed by atoms with E-state index in [4.69, 9.17) is 10.00 Å². The summed E-state index contributed by atoms with van der Waals surface area (Å²) in [4.78, 5) is 0. The molecule has 0 radical (unpaired) electrons. The largest absolute Gasteiger partial charge is 0.381 e. The maximum absolute atomic E-state index is 9.13. The maximum atomic E-state index is 9.13. The predicted octanol–water partition coefficient (Wildman–Crippen LogP) is 6.70. The Labute approximate surface area is 201 Å². The molecule has 0 saturated heterocycles. The van der Waals surface area contributed by atoms with Crippen LogP contribution in [0.5, 0.6) is 0 Å². The lowest BCUT2D eigenvalue weighted by molar-refractivity contribution is -0.125. The highest BCUT2D eigenvalue weighted by Gasteiger charge is 2.60. The minimum absolute atomic E-state index is 0.487. The van der Waals surface area contributed by atoms with Crippen LogP contribution in [0, 0.1) is 63.6 Å². The van der Waals surface area contributed by atoms with Crippen molar-refractivity contribution in [3.63, 3.8) is 0 Å². The molecule has 33 heavy (non-hydrogen) atoms. The van der Waals surface area contributed by atoms with Crippen LogP contribution in [0.15, 0.2) is 12.3 Å². The number of hydrogen-bond acceptors (Lipinski definition) is 3. The molecule has 0 bridgehead atoms. The molecule has 4 aliphatic rings. The molecular formula is C29H45N3O. The first-order chi connectivity index (χ1) is 15.9. The fraction of sp³-hybridized carbons (Fsp3) is 0.862. The zero-order valence-electron chi connectivity index (χ0n) is 21.4. The van der Waals surface area contributed by atoms with Crippen LogP contribution in [0.2, 0.25) is 0 Å². The molecule has 1 aromatic heterocycles. The molecule has 5 rings (SSSR count). The molecule has 9 atom stereocenters. The third kappa shape index (κ3) is 3.97. The molecule has 0 spiro atoms. The SMILES string of the molecule is CCOCC1CCC2(C)C(CCC3C2CCC2(C)C3CCC2[C@H](C)Cn2ccc(C#N)n2)C1. The average molecular weight is 452 g/mol. The number of aromatic nitrogens is 2. The zero-order chi connectivity index (χ0) is 23.2. The lowest BCUT2D eigenvalue weighted by atomic mass is 9.44. The molecule has 4 nitrogen and oxygen atoms in total. The number of nitriles is 1. The summed E-state index contributed by atoms with van der Waals surface area (Å²) in [5.74, 6) is 5.92. The fourth-order valence-corrected chi connectivity index (χ4v) is 9.70. The minimum atomic E-state index is 0.487. The molecule has 8 unspecified atom stereocenters. The molecule has 0 aliphatic heterocycles. The summed E-state index contributed by atoms with van der Waals surface area (Å²) in [5.41, 5.74) is 1.60. The van der Waals surface area contributed by atoms with Gasteiger partial charge in [0, 0.05) is 26.0 Å². The van der Waals surface area contributed by atoms with Gasteiger partial charge < -0.3 is 4.74 Å². The van der Waals surface area contributed by atoms with Gasteiger partial charge in [0.1, 0.15) is 6.07 Å². The predicted molar refractivity (Wildman–Crippen MR) is 131 cm³/mol. The molecule has 0 N–H and O–H groups in total. The van der Waals surface area contributed by atoms with Crippen LogP contribution in [0.1, 0.15) is 91.2 Å². The van der Waals surface area contributed by atoms with Gasteiger partial charge in [-0.25, -0.2) is 0 Å². The van der Waals surface area contributed by atoms with E-state index in [2.05, 4.69) is 38.9 Å². The lowest BCUT2D eigenvalue weighted by Gasteiger charge is -2.61. The van der Waals surface area contributed by atoms with Gasteiger partial charge in [0.2, 0.25) is 0 Å². The molecule has 1 heterocycles. The highest BCUT2D eigenvalue weighted by molar-refractivity contribution is 5.16. The highest BCUT2D eigenvalue weighted by Crippen LogP contribution is 2.68. The van der Waals surface area contributed by atoms with Crippen molar-refractivity contribution in [2.75, 3.05) is 13.2 Å². The molecule has 4 heteroatoms. The Balaban J connectivity index is 1.28. The Bertz CT molecular complexity index is 872. The highest BCUT2D eigenvalue weighted by atomic mass is 16.5. The van der Waals surface area contributed by atoms with Crippen molar-refractivity contribution in [2.24, 2.45) is 52.3 Å². The monoisotopic (exact) mass is 451 g/mol. The Morgan fingerprint density at radius 1 is 1.12 bits per heavy atom. The normalized spacial score (nSPS) is 43.2. The number of nitrogens with zero attached hydrogens (tertiary/aromatic N) is 3. The van der Waals surface area contributed by atoms with Crippen molar-refractivity contribution in [1.29, 1.82) is 5.26 Å². The van der Waals surface area contributed by atoms with Crippen LogP contribution in [-0.4, -0.2) is 23.0 Å².